The fourth-order valence-electron chi connectivity index (χ4n) is 2.99. The summed E-state index contributed by atoms with van der Waals surface area (Å²) in [5, 5.41) is 16.8. The number of hydrogen-bond acceptors (Lipinski definition) is 7. The maximum absolute atomic E-state index is 13.2. The van der Waals surface area contributed by atoms with Crippen molar-refractivity contribution in [3.63, 3.8) is 0 Å². The van der Waals surface area contributed by atoms with Gasteiger partial charge in [0.1, 0.15) is 5.76 Å². The van der Waals surface area contributed by atoms with Gasteiger partial charge in [-0.1, -0.05) is 23.4 Å². The van der Waals surface area contributed by atoms with E-state index in [2.05, 4.69) is 21.4 Å². The molecule has 1 aliphatic rings. The predicted molar refractivity (Wildman–Crippen MR) is 114 cm³/mol. The van der Waals surface area contributed by atoms with Gasteiger partial charge in [0.2, 0.25) is 0 Å². The third-order valence-corrected chi connectivity index (χ3v) is 5.63. The fourth-order valence-corrected chi connectivity index (χ4v) is 4.04. The van der Waals surface area contributed by atoms with E-state index in [0.29, 0.717) is 32.8 Å². The van der Waals surface area contributed by atoms with E-state index >= 15 is 0 Å². The van der Waals surface area contributed by atoms with E-state index in [4.69, 9.17) is 16.0 Å². The first kappa shape index (κ1) is 21.6. The second-order valence-electron chi connectivity index (χ2n) is 6.29. The molecule has 2 aromatic rings. The fraction of sp³-hybridized carbons (Fsp3) is 0.190. The van der Waals surface area contributed by atoms with Gasteiger partial charge in [0.05, 0.1) is 47.3 Å². The molecule has 0 aliphatic carbocycles. The maximum atomic E-state index is 13.2. The minimum absolute atomic E-state index is 0.0223. The monoisotopic (exact) mass is 443 g/mol. The third-order valence-electron chi connectivity index (χ3n) is 4.38. The summed E-state index contributed by atoms with van der Waals surface area (Å²) in [7, 11) is 1.30. The Morgan fingerprint density at radius 3 is 2.67 bits per heavy atom. The van der Waals surface area contributed by atoms with Crippen molar-refractivity contribution in [1.82, 2.24) is 5.32 Å². The van der Waals surface area contributed by atoms with Crippen LogP contribution in [-0.2, 0) is 14.3 Å². The maximum Gasteiger partial charge on any atom is 0.316 e. The minimum Gasteiger partial charge on any atom is -0.468 e. The van der Waals surface area contributed by atoms with Crippen LogP contribution in [0, 0.1) is 11.3 Å². The summed E-state index contributed by atoms with van der Waals surface area (Å²) in [5.74, 6) is -1.06. The van der Waals surface area contributed by atoms with Crippen LogP contribution < -0.4 is 10.6 Å². The Labute approximate surface area is 182 Å². The number of furan rings is 1. The third kappa shape index (κ3) is 4.70. The van der Waals surface area contributed by atoms with Crippen LogP contribution in [0.25, 0.3) is 0 Å². The van der Waals surface area contributed by atoms with Crippen molar-refractivity contribution < 1.29 is 18.7 Å². The molecule has 9 heteroatoms. The Morgan fingerprint density at radius 2 is 2.07 bits per heavy atom. The standard InChI is InChI=1S/C21H18ClN3O4S/c1-12-18(20(27)25-14-7-5-13(22)6-8-14)19(16-4-3-9-29-16)15(10-23)21(24-12)30-11-17(26)28-2/h3-9,19,24H,11H2,1-2H3,(H,25,27)/t19-/m1/s1. The molecule has 0 fully saturated rings. The molecule has 1 aromatic heterocycles. The highest BCUT2D eigenvalue weighted by molar-refractivity contribution is 8.03. The number of allylic oxidation sites excluding steroid dienone is 2. The Kier molecular flexibility index (Phi) is 6.87. The summed E-state index contributed by atoms with van der Waals surface area (Å²) in [6, 6.07) is 12.3. The molecule has 0 bridgehead atoms. The van der Waals surface area contributed by atoms with E-state index in [0.717, 1.165) is 11.8 Å². The van der Waals surface area contributed by atoms with E-state index < -0.39 is 11.9 Å². The Balaban J connectivity index is 1.97. The van der Waals surface area contributed by atoms with Crippen LogP contribution in [0.4, 0.5) is 5.69 Å². The molecule has 0 saturated heterocycles. The number of carbonyl (C=O) groups excluding carboxylic acids is 2. The van der Waals surface area contributed by atoms with Crippen molar-refractivity contribution in [3.8, 4) is 6.07 Å². The number of halogens is 1. The number of amides is 1. The topological polar surface area (TPSA) is 104 Å². The zero-order valence-corrected chi connectivity index (χ0v) is 17.8. The number of hydrogen-bond donors (Lipinski definition) is 2. The highest BCUT2D eigenvalue weighted by Gasteiger charge is 2.36. The largest absolute Gasteiger partial charge is 0.468 e. The average Bonchev–Trinajstić information content (AvgIpc) is 3.27. The lowest BCUT2D eigenvalue weighted by atomic mass is 9.85. The van der Waals surface area contributed by atoms with E-state index in [1.165, 1.54) is 13.4 Å². The Morgan fingerprint density at radius 1 is 1.33 bits per heavy atom. The molecule has 0 saturated carbocycles. The molecule has 7 nitrogen and oxygen atoms in total. The summed E-state index contributed by atoms with van der Waals surface area (Å²) in [6.07, 6.45) is 1.48. The van der Waals surface area contributed by atoms with E-state index in [-0.39, 0.29) is 17.2 Å². The van der Waals surface area contributed by atoms with Crippen LogP contribution >= 0.6 is 23.4 Å². The molecule has 0 unspecified atom stereocenters. The second kappa shape index (κ2) is 9.57. The van der Waals surface area contributed by atoms with Crippen molar-refractivity contribution in [1.29, 1.82) is 5.26 Å². The highest BCUT2D eigenvalue weighted by atomic mass is 35.5. The molecule has 30 heavy (non-hydrogen) atoms. The number of esters is 1. The zero-order chi connectivity index (χ0) is 21.7. The van der Waals surface area contributed by atoms with Crippen molar-refractivity contribution >= 4 is 40.9 Å². The summed E-state index contributed by atoms with van der Waals surface area (Å²) in [6.45, 7) is 1.74. The van der Waals surface area contributed by atoms with E-state index in [1.807, 2.05) is 0 Å². The van der Waals surface area contributed by atoms with Gasteiger partial charge in [-0.25, -0.2) is 0 Å². The first-order valence-electron chi connectivity index (χ1n) is 8.86. The van der Waals surface area contributed by atoms with E-state index in [9.17, 15) is 14.9 Å². The highest BCUT2D eigenvalue weighted by Crippen LogP contribution is 2.41. The van der Waals surface area contributed by atoms with Gasteiger partial charge in [-0.05, 0) is 43.3 Å². The number of nitrogens with zero attached hydrogens (tertiary/aromatic N) is 1. The number of carbonyl (C=O) groups is 2. The SMILES string of the molecule is COC(=O)CSC1=C(C#N)[C@H](c2ccco2)C(C(=O)Nc2ccc(Cl)cc2)=C(C)N1. The molecule has 2 N–H and O–H groups in total. The molecule has 1 amide bonds. The van der Waals surface area contributed by atoms with Gasteiger partial charge in [-0.2, -0.15) is 5.26 Å². The van der Waals surface area contributed by atoms with E-state index in [1.54, 1.807) is 43.3 Å². The number of benzene rings is 1. The Bertz CT molecular complexity index is 1050. The Hall–Kier alpha value is -3.15. The smallest absolute Gasteiger partial charge is 0.316 e. The number of methoxy groups -OCH3 is 1. The molecule has 1 aliphatic heterocycles. The van der Waals surface area contributed by atoms with Crippen LogP contribution in [0.15, 0.2) is 69.0 Å². The predicted octanol–water partition coefficient (Wildman–Crippen LogP) is 4.17. The number of rotatable bonds is 6. The number of nitriles is 1. The summed E-state index contributed by atoms with van der Waals surface area (Å²) < 4.78 is 10.2. The molecular weight excluding hydrogens is 426 g/mol. The molecule has 0 spiro atoms. The summed E-state index contributed by atoms with van der Waals surface area (Å²) >= 11 is 7.04. The van der Waals surface area contributed by atoms with Crippen molar-refractivity contribution in [2.45, 2.75) is 12.8 Å². The van der Waals surface area contributed by atoms with Crippen LogP contribution in [-0.4, -0.2) is 24.7 Å². The van der Waals surface area contributed by atoms with Crippen molar-refractivity contribution in [3.05, 3.63) is 75.3 Å². The number of ether oxygens (including phenoxy) is 1. The van der Waals surface area contributed by atoms with Crippen molar-refractivity contribution in [2.75, 3.05) is 18.2 Å². The van der Waals surface area contributed by atoms with Gasteiger partial charge < -0.3 is 19.8 Å². The van der Waals surface area contributed by atoms with Crippen LogP contribution in [0.5, 0.6) is 0 Å². The number of dihydropyridines is 1. The van der Waals surface area contributed by atoms with Crippen LogP contribution in [0.2, 0.25) is 5.02 Å². The van der Waals surface area contributed by atoms with Crippen molar-refractivity contribution in [2.24, 2.45) is 0 Å². The van der Waals surface area contributed by atoms with Gasteiger partial charge in [0.25, 0.3) is 5.91 Å². The minimum atomic E-state index is -0.723. The lowest BCUT2D eigenvalue weighted by Gasteiger charge is -2.28. The normalized spacial score (nSPS) is 16.0. The number of anilines is 1. The first-order chi connectivity index (χ1) is 14.4. The summed E-state index contributed by atoms with van der Waals surface area (Å²) in [5.41, 5.74) is 1.75. The number of nitrogens with one attached hydrogen (secondary N) is 2. The first-order valence-corrected chi connectivity index (χ1v) is 10.2. The molecule has 3 rings (SSSR count). The number of thioether (sulfide) groups is 1. The van der Waals surface area contributed by atoms with Crippen LogP contribution in [0.1, 0.15) is 18.6 Å². The zero-order valence-electron chi connectivity index (χ0n) is 16.2. The second-order valence-corrected chi connectivity index (χ2v) is 7.71. The molecule has 1 aromatic carbocycles. The quantitative estimate of drug-likeness (QED) is 0.645. The molecule has 0 radical (unpaired) electrons. The molecule has 154 valence electrons. The van der Waals surface area contributed by atoms with Crippen LogP contribution in [0.3, 0.4) is 0 Å². The molecule has 2 heterocycles. The average molecular weight is 444 g/mol. The summed E-state index contributed by atoms with van der Waals surface area (Å²) in [4.78, 5) is 24.7. The lowest BCUT2D eigenvalue weighted by molar-refractivity contribution is -0.137. The molecular formula is C21H18ClN3O4S. The lowest BCUT2D eigenvalue weighted by Crippen LogP contribution is -2.30. The van der Waals surface area contributed by atoms with Gasteiger partial charge in [-0.15, -0.1) is 0 Å². The van der Waals surface area contributed by atoms with Gasteiger partial charge in [-0.3, -0.25) is 9.59 Å². The van der Waals surface area contributed by atoms with Gasteiger partial charge in [0.15, 0.2) is 0 Å². The van der Waals surface area contributed by atoms with Gasteiger partial charge >= 0.3 is 5.97 Å². The molecule has 1 atom stereocenters. The van der Waals surface area contributed by atoms with Gasteiger partial charge in [0, 0.05) is 16.4 Å².